The van der Waals surface area contributed by atoms with Crippen molar-refractivity contribution in [2.24, 2.45) is 5.41 Å². The van der Waals surface area contributed by atoms with Crippen LogP contribution in [-0.4, -0.2) is 11.0 Å². The van der Waals surface area contributed by atoms with Crippen LogP contribution in [0.3, 0.4) is 0 Å². The van der Waals surface area contributed by atoms with Gasteiger partial charge in [-0.25, -0.2) is 0 Å². The van der Waals surface area contributed by atoms with E-state index in [1.807, 2.05) is 6.08 Å². The van der Waals surface area contributed by atoms with Crippen LogP contribution < -0.4 is 0 Å². The summed E-state index contributed by atoms with van der Waals surface area (Å²) < 4.78 is 0. The highest BCUT2D eigenvalue weighted by Gasteiger charge is 2.29. The second-order valence-corrected chi connectivity index (χ2v) is 4.62. The molecule has 3 heteroatoms. The molecule has 1 rings (SSSR count). The highest BCUT2D eigenvalue weighted by molar-refractivity contribution is 5.12. The third-order valence-electron chi connectivity index (χ3n) is 2.76. The lowest BCUT2D eigenvalue weighted by molar-refractivity contribution is -0.508. The Morgan fingerprint density at radius 3 is 2.57 bits per heavy atom. The SMILES string of the molecule is C.CC(C1=CCCC(C)(C)C1)[N+](=O)[O-]. The lowest BCUT2D eigenvalue weighted by atomic mass is 9.76. The number of allylic oxidation sites excluding steroid dienone is 1. The highest BCUT2D eigenvalue weighted by Crippen LogP contribution is 2.36. The predicted molar refractivity (Wildman–Crippen MR) is 58.9 cm³/mol. The van der Waals surface area contributed by atoms with Crippen LogP contribution in [0.1, 0.15) is 47.5 Å². The summed E-state index contributed by atoms with van der Waals surface area (Å²) in [5.41, 5.74) is 1.25. The lowest BCUT2D eigenvalue weighted by Crippen LogP contribution is -2.25. The van der Waals surface area contributed by atoms with Crippen LogP contribution >= 0.6 is 0 Å². The zero-order chi connectivity index (χ0) is 10.1. The van der Waals surface area contributed by atoms with Crippen molar-refractivity contribution in [3.05, 3.63) is 21.8 Å². The van der Waals surface area contributed by atoms with E-state index in [4.69, 9.17) is 0 Å². The first-order chi connectivity index (χ1) is 5.92. The van der Waals surface area contributed by atoms with Crippen LogP contribution in [0, 0.1) is 15.5 Å². The quantitative estimate of drug-likeness (QED) is 0.388. The Kier molecular flexibility index (Phi) is 4.30. The molecule has 0 N–H and O–H groups in total. The van der Waals surface area contributed by atoms with Crippen LogP contribution in [0.5, 0.6) is 0 Å². The maximum atomic E-state index is 10.6. The largest absolute Gasteiger partial charge is 0.264 e. The van der Waals surface area contributed by atoms with Gasteiger partial charge in [0.25, 0.3) is 0 Å². The maximum absolute atomic E-state index is 10.6. The molecule has 14 heavy (non-hydrogen) atoms. The number of rotatable bonds is 2. The Balaban J connectivity index is 0.00000169. The van der Waals surface area contributed by atoms with E-state index < -0.39 is 6.04 Å². The smallest absolute Gasteiger partial charge is 0.231 e. The molecule has 1 atom stereocenters. The topological polar surface area (TPSA) is 43.1 Å². The molecule has 1 unspecified atom stereocenters. The normalized spacial score (nSPS) is 21.8. The molecule has 0 saturated carbocycles. The van der Waals surface area contributed by atoms with Gasteiger partial charge in [-0.05, 0) is 30.3 Å². The molecule has 82 valence electrons. The van der Waals surface area contributed by atoms with Gasteiger partial charge in [0.15, 0.2) is 0 Å². The summed E-state index contributed by atoms with van der Waals surface area (Å²) in [5.74, 6) is 0. The molecule has 0 amide bonds. The van der Waals surface area contributed by atoms with Gasteiger partial charge in [0, 0.05) is 11.8 Å². The minimum absolute atomic E-state index is 0. The number of hydrogen-bond acceptors (Lipinski definition) is 2. The van der Waals surface area contributed by atoms with Crippen LogP contribution in [0.4, 0.5) is 0 Å². The molecule has 0 aromatic rings. The molecule has 0 bridgehead atoms. The van der Waals surface area contributed by atoms with Crippen LogP contribution in [0.25, 0.3) is 0 Å². The fraction of sp³-hybridized carbons (Fsp3) is 0.818. The Morgan fingerprint density at radius 2 is 2.14 bits per heavy atom. The Bertz CT molecular complexity index is 244. The molecule has 0 spiro atoms. The fourth-order valence-corrected chi connectivity index (χ4v) is 1.82. The van der Waals surface area contributed by atoms with Gasteiger partial charge in [0.1, 0.15) is 0 Å². The van der Waals surface area contributed by atoms with E-state index in [0.29, 0.717) is 0 Å². The number of hydrogen-bond donors (Lipinski definition) is 0. The predicted octanol–water partition coefficient (Wildman–Crippen LogP) is 3.42. The van der Waals surface area contributed by atoms with Crippen molar-refractivity contribution in [2.75, 3.05) is 0 Å². The Labute approximate surface area is 86.4 Å². The van der Waals surface area contributed by atoms with Crippen LogP contribution in [-0.2, 0) is 0 Å². The van der Waals surface area contributed by atoms with Crippen molar-refractivity contribution in [3.63, 3.8) is 0 Å². The van der Waals surface area contributed by atoms with E-state index in [2.05, 4.69) is 13.8 Å². The molecule has 0 radical (unpaired) electrons. The zero-order valence-corrected chi connectivity index (χ0v) is 8.54. The van der Waals surface area contributed by atoms with Crippen molar-refractivity contribution in [1.29, 1.82) is 0 Å². The maximum Gasteiger partial charge on any atom is 0.231 e. The van der Waals surface area contributed by atoms with Gasteiger partial charge in [-0.3, -0.25) is 10.1 Å². The molecule has 0 aromatic heterocycles. The van der Waals surface area contributed by atoms with Gasteiger partial charge >= 0.3 is 0 Å². The van der Waals surface area contributed by atoms with Crippen LogP contribution in [0.15, 0.2) is 11.6 Å². The number of nitro groups is 1. The van der Waals surface area contributed by atoms with Crippen molar-refractivity contribution in [3.8, 4) is 0 Å². The van der Waals surface area contributed by atoms with Gasteiger partial charge in [-0.1, -0.05) is 27.4 Å². The van der Waals surface area contributed by atoms with Crippen molar-refractivity contribution >= 4 is 0 Å². The third kappa shape index (κ3) is 3.13. The summed E-state index contributed by atoms with van der Waals surface area (Å²) in [6.07, 6.45) is 5.04. The zero-order valence-electron chi connectivity index (χ0n) is 8.54. The molecule has 0 saturated heterocycles. The Morgan fingerprint density at radius 1 is 1.57 bits per heavy atom. The molecule has 0 fully saturated rings. The van der Waals surface area contributed by atoms with Gasteiger partial charge < -0.3 is 0 Å². The average Bonchev–Trinajstić information content (AvgIpc) is 2.01. The summed E-state index contributed by atoms with van der Waals surface area (Å²) in [6, 6.07) is -0.500. The van der Waals surface area contributed by atoms with E-state index in [1.54, 1.807) is 6.92 Å². The molecular weight excluding hydrogens is 178 g/mol. The van der Waals surface area contributed by atoms with Crippen LogP contribution in [0.2, 0.25) is 0 Å². The molecular formula is C11H21NO2. The minimum atomic E-state index is -0.500. The lowest BCUT2D eigenvalue weighted by Gasteiger charge is -2.29. The van der Waals surface area contributed by atoms with E-state index in [-0.39, 0.29) is 17.8 Å². The average molecular weight is 199 g/mol. The van der Waals surface area contributed by atoms with Crippen molar-refractivity contribution in [1.82, 2.24) is 0 Å². The molecule has 0 aromatic carbocycles. The summed E-state index contributed by atoms with van der Waals surface area (Å²) in [5, 5.41) is 10.6. The molecule has 0 heterocycles. The van der Waals surface area contributed by atoms with E-state index in [9.17, 15) is 10.1 Å². The Hall–Kier alpha value is -0.860. The fourth-order valence-electron chi connectivity index (χ4n) is 1.82. The number of nitrogens with zero attached hydrogens (tertiary/aromatic N) is 1. The second-order valence-electron chi connectivity index (χ2n) is 4.62. The summed E-state index contributed by atoms with van der Waals surface area (Å²) in [7, 11) is 0. The van der Waals surface area contributed by atoms with E-state index in [0.717, 1.165) is 24.8 Å². The van der Waals surface area contributed by atoms with Gasteiger partial charge in [-0.15, -0.1) is 0 Å². The van der Waals surface area contributed by atoms with Crippen molar-refractivity contribution < 1.29 is 4.92 Å². The van der Waals surface area contributed by atoms with Gasteiger partial charge in [-0.2, -0.15) is 0 Å². The first-order valence-electron chi connectivity index (χ1n) is 4.75. The monoisotopic (exact) mass is 199 g/mol. The van der Waals surface area contributed by atoms with Gasteiger partial charge in [0.05, 0.1) is 0 Å². The minimum Gasteiger partial charge on any atom is -0.264 e. The first kappa shape index (κ1) is 13.1. The summed E-state index contributed by atoms with van der Waals surface area (Å²) >= 11 is 0. The van der Waals surface area contributed by atoms with Gasteiger partial charge in [0.2, 0.25) is 6.04 Å². The molecule has 1 aliphatic carbocycles. The molecule has 3 nitrogen and oxygen atoms in total. The summed E-state index contributed by atoms with van der Waals surface area (Å²) in [4.78, 5) is 10.4. The van der Waals surface area contributed by atoms with E-state index in [1.165, 1.54) is 0 Å². The van der Waals surface area contributed by atoms with Crippen molar-refractivity contribution in [2.45, 2.75) is 53.5 Å². The standard InChI is InChI=1S/C10H17NO2.CH4/c1-8(11(12)13)9-5-4-6-10(2,3)7-9;/h5,8H,4,6-7H2,1-3H3;1H4. The highest BCUT2D eigenvalue weighted by atomic mass is 16.6. The van der Waals surface area contributed by atoms with E-state index >= 15 is 0 Å². The summed E-state index contributed by atoms with van der Waals surface area (Å²) in [6.45, 7) is 6.02. The second kappa shape index (κ2) is 4.58. The third-order valence-corrected chi connectivity index (χ3v) is 2.76. The first-order valence-corrected chi connectivity index (χ1v) is 4.75. The molecule has 1 aliphatic rings. The molecule has 0 aliphatic heterocycles.